The van der Waals surface area contributed by atoms with Crippen LogP contribution in [0, 0.1) is 0 Å². The smallest absolute Gasteiger partial charge is 0.168 e. The Kier molecular flexibility index (Phi) is 21.8. The van der Waals surface area contributed by atoms with Gasteiger partial charge in [0, 0.05) is 24.5 Å². The molecule has 0 fully saturated rings. The van der Waals surface area contributed by atoms with Gasteiger partial charge in [0.2, 0.25) is 0 Å². The zero-order chi connectivity index (χ0) is 21.4. The highest BCUT2D eigenvalue weighted by Gasteiger charge is 1.98. The summed E-state index contributed by atoms with van der Waals surface area (Å²) in [5, 5.41) is 8.89. The van der Waals surface area contributed by atoms with Gasteiger partial charge in [-0.25, -0.2) is 4.57 Å². The van der Waals surface area contributed by atoms with Crippen LogP contribution in [0.25, 0.3) is 0 Å². The molecule has 0 aliphatic rings. The zero-order valence-electron chi connectivity index (χ0n) is 19.4. The number of unbranched alkanes of at least 4 members (excludes halogenated alkanes) is 16. The summed E-state index contributed by atoms with van der Waals surface area (Å²) in [5.74, 6) is -1.08. The van der Waals surface area contributed by atoms with Crippen molar-refractivity contribution >= 4 is 5.97 Å². The maximum Gasteiger partial charge on any atom is 0.168 e. The fourth-order valence-corrected chi connectivity index (χ4v) is 3.60. The molecule has 3 heteroatoms. The number of pyridine rings is 1. The minimum Gasteiger partial charge on any atom is -0.550 e. The second kappa shape index (κ2) is 22.9. The van der Waals surface area contributed by atoms with Gasteiger partial charge in [-0.15, -0.1) is 0 Å². The molecule has 0 saturated carbocycles. The van der Waals surface area contributed by atoms with Crippen LogP contribution in [0.15, 0.2) is 30.6 Å². The lowest BCUT2D eigenvalue weighted by Gasteiger charge is -2.03. The number of hydrogen-bond acceptors (Lipinski definition) is 2. The van der Waals surface area contributed by atoms with E-state index in [1.807, 2.05) is 0 Å². The van der Waals surface area contributed by atoms with E-state index in [0.29, 0.717) is 0 Å². The Bertz CT molecular complexity index is 443. The van der Waals surface area contributed by atoms with Crippen LogP contribution in [-0.2, 0) is 11.3 Å². The number of carbonyl (C=O) groups is 1. The third-order valence-corrected chi connectivity index (χ3v) is 5.30. The van der Waals surface area contributed by atoms with E-state index in [1.165, 1.54) is 116 Å². The van der Waals surface area contributed by atoms with E-state index < -0.39 is 5.97 Å². The summed E-state index contributed by atoms with van der Waals surface area (Å²) in [4.78, 5) is 8.89. The van der Waals surface area contributed by atoms with E-state index in [2.05, 4.69) is 42.1 Å². The standard InChI is InChI=1S/C24H44N.C2H4O2/c1-2-3-4-5-6-7-8-9-10-11-12-13-14-15-16-17-19-22-25-23-20-18-21-24-25;1-2(3)4/h18,20-21,23-24H,2-17,19,22H2,1H3;1H3,(H,3,4)/q+1;/p-1. The van der Waals surface area contributed by atoms with Crippen molar-refractivity contribution in [3.63, 3.8) is 0 Å². The van der Waals surface area contributed by atoms with Crippen LogP contribution < -0.4 is 9.67 Å². The molecule has 0 spiro atoms. The first-order valence-corrected chi connectivity index (χ1v) is 12.3. The molecule has 1 heterocycles. The number of hydrogen-bond donors (Lipinski definition) is 0. The molecule has 1 rings (SSSR count). The Morgan fingerprint density at radius 1 is 0.621 bits per heavy atom. The van der Waals surface area contributed by atoms with Gasteiger partial charge in [-0.1, -0.05) is 109 Å². The van der Waals surface area contributed by atoms with Crippen molar-refractivity contribution in [3.8, 4) is 0 Å². The molecule has 0 unspecified atom stereocenters. The summed E-state index contributed by atoms with van der Waals surface area (Å²) < 4.78 is 2.30. The highest BCUT2D eigenvalue weighted by atomic mass is 16.4. The number of rotatable bonds is 18. The minimum absolute atomic E-state index is 0.972. The molecule has 3 nitrogen and oxygen atoms in total. The maximum atomic E-state index is 8.89. The van der Waals surface area contributed by atoms with Gasteiger partial charge in [0.1, 0.15) is 6.54 Å². The number of carboxylic acid groups (broad SMARTS) is 1. The molecule has 0 aliphatic carbocycles. The van der Waals surface area contributed by atoms with Crippen molar-refractivity contribution in [1.29, 1.82) is 0 Å². The van der Waals surface area contributed by atoms with Crippen LogP contribution in [0.4, 0.5) is 0 Å². The average molecular weight is 406 g/mol. The number of aliphatic carboxylic acids is 1. The highest BCUT2D eigenvalue weighted by molar-refractivity contribution is 5.60. The minimum atomic E-state index is -1.08. The quantitative estimate of drug-likeness (QED) is 0.210. The summed E-state index contributed by atoms with van der Waals surface area (Å²) in [5.41, 5.74) is 0. The lowest BCUT2D eigenvalue weighted by molar-refractivity contribution is -0.697. The molecule has 0 N–H and O–H groups in total. The third kappa shape index (κ3) is 24.6. The molecule has 1 aromatic heterocycles. The first kappa shape index (κ1) is 27.6. The van der Waals surface area contributed by atoms with Gasteiger partial charge in [0.05, 0.1) is 0 Å². The van der Waals surface area contributed by atoms with E-state index in [1.54, 1.807) is 0 Å². The molecule has 0 aliphatic heterocycles. The Balaban J connectivity index is 0.00000178. The molecule has 0 amide bonds. The fraction of sp³-hybridized carbons (Fsp3) is 0.769. The second-order valence-electron chi connectivity index (χ2n) is 8.26. The first-order chi connectivity index (χ1) is 14.2. The molecule has 0 saturated heterocycles. The van der Waals surface area contributed by atoms with Crippen molar-refractivity contribution < 1.29 is 14.5 Å². The molecular weight excluding hydrogens is 358 g/mol. The third-order valence-electron chi connectivity index (χ3n) is 5.30. The van der Waals surface area contributed by atoms with Crippen molar-refractivity contribution in [3.05, 3.63) is 30.6 Å². The molecule has 29 heavy (non-hydrogen) atoms. The van der Waals surface area contributed by atoms with Crippen molar-refractivity contribution in [2.75, 3.05) is 0 Å². The van der Waals surface area contributed by atoms with E-state index in [4.69, 9.17) is 9.90 Å². The average Bonchev–Trinajstić information content (AvgIpc) is 2.71. The maximum absolute atomic E-state index is 8.89. The predicted octanol–water partition coefficient (Wildman–Crippen LogP) is 6.38. The van der Waals surface area contributed by atoms with Gasteiger partial charge in [-0.2, -0.15) is 0 Å². The van der Waals surface area contributed by atoms with Gasteiger partial charge < -0.3 is 9.90 Å². The molecule has 0 aromatic carbocycles. The normalized spacial score (nSPS) is 10.4. The Hall–Kier alpha value is -1.38. The SMILES string of the molecule is CC(=O)[O-].CCCCCCCCCCCCCCCCCCC[n+]1ccccc1. The van der Waals surface area contributed by atoms with Crippen LogP contribution in [0.5, 0.6) is 0 Å². The Labute approximate surface area is 180 Å². The van der Waals surface area contributed by atoms with E-state index in [9.17, 15) is 0 Å². The zero-order valence-corrected chi connectivity index (χ0v) is 19.4. The summed E-state index contributed by atoms with van der Waals surface area (Å²) in [6, 6.07) is 6.33. The molecule has 0 radical (unpaired) electrons. The number of carbonyl (C=O) groups excluding carboxylic acids is 1. The van der Waals surface area contributed by atoms with Crippen LogP contribution in [0.1, 0.15) is 123 Å². The highest BCUT2D eigenvalue weighted by Crippen LogP contribution is 2.13. The second-order valence-corrected chi connectivity index (χ2v) is 8.26. The summed E-state index contributed by atoms with van der Waals surface area (Å²) in [6.07, 6.45) is 28.9. The lowest BCUT2D eigenvalue weighted by Crippen LogP contribution is -2.32. The van der Waals surface area contributed by atoms with Crippen LogP contribution >= 0.6 is 0 Å². The Morgan fingerprint density at radius 2 is 0.931 bits per heavy atom. The van der Waals surface area contributed by atoms with E-state index in [0.717, 1.165) is 6.92 Å². The Morgan fingerprint density at radius 3 is 1.28 bits per heavy atom. The van der Waals surface area contributed by atoms with Gasteiger partial charge in [-0.3, -0.25) is 0 Å². The van der Waals surface area contributed by atoms with Crippen molar-refractivity contribution in [1.82, 2.24) is 0 Å². The van der Waals surface area contributed by atoms with E-state index >= 15 is 0 Å². The fourth-order valence-electron chi connectivity index (χ4n) is 3.60. The van der Waals surface area contributed by atoms with Crippen LogP contribution in [0.2, 0.25) is 0 Å². The largest absolute Gasteiger partial charge is 0.550 e. The number of aryl methyl sites for hydroxylation is 1. The van der Waals surface area contributed by atoms with Gasteiger partial charge in [0.15, 0.2) is 12.4 Å². The van der Waals surface area contributed by atoms with Gasteiger partial charge in [0.25, 0.3) is 0 Å². The predicted molar refractivity (Wildman–Crippen MR) is 121 cm³/mol. The first-order valence-electron chi connectivity index (χ1n) is 12.3. The van der Waals surface area contributed by atoms with Crippen LogP contribution in [-0.4, -0.2) is 5.97 Å². The van der Waals surface area contributed by atoms with Gasteiger partial charge >= 0.3 is 0 Å². The van der Waals surface area contributed by atoms with Crippen LogP contribution in [0.3, 0.4) is 0 Å². The molecule has 0 bridgehead atoms. The number of aromatic nitrogens is 1. The molecular formula is C26H47NO2. The molecule has 168 valence electrons. The summed E-state index contributed by atoms with van der Waals surface area (Å²) in [7, 11) is 0. The van der Waals surface area contributed by atoms with Crippen molar-refractivity contribution in [2.24, 2.45) is 0 Å². The van der Waals surface area contributed by atoms with Gasteiger partial charge in [-0.05, 0) is 13.3 Å². The summed E-state index contributed by atoms with van der Waals surface area (Å²) in [6.45, 7) is 4.45. The number of nitrogens with zero attached hydrogens (tertiary/aromatic N) is 1. The van der Waals surface area contributed by atoms with E-state index in [-0.39, 0.29) is 0 Å². The molecule has 1 aromatic rings. The topological polar surface area (TPSA) is 44.0 Å². The number of carboxylic acids is 1. The lowest BCUT2D eigenvalue weighted by atomic mass is 10.0. The van der Waals surface area contributed by atoms with Crippen molar-refractivity contribution in [2.45, 2.75) is 130 Å². The summed E-state index contributed by atoms with van der Waals surface area (Å²) >= 11 is 0. The molecule has 0 atom stereocenters. The monoisotopic (exact) mass is 405 g/mol.